The first-order valence-electron chi connectivity index (χ1n) is 7.85. The van der Waals surface area contributed by atoms with Crippen LogP contribution >= 0.6 is 0 Å². The van der Waals surface area contributed by atoms with E-state index in [2.05, 4.69) is 34.0 Å². The van der Waals surface area contributed by atoms with Gasteiger partial charge in [0.1, 0.15) is 0 Å². The molecule has 1 aromatic heterocycles. The molecule has 0 radical (unpaired) electrons. The fourth-order valence-electron chi connectivity index (χ4n) is 3.49. The maximum Gasteiger partial charge on any atom is 0.220 e. The third-order valence-corrected chi connectivity index (χ3v) is 4.90. The van der Waals surface area contributed by atoms with Crippen molar-refractivity contribution < 1.29 is 4.79 Å². The molecule has 3 heterocycles. The van der Waals surface area contributed by atoms with Crippen LogP contribution in [0.15, 0.2) is 18.3 Å². The van der Waals surface area contributed by atoms with Gasteiger partial charge in [-0.1, -0.05) is 0 Å². The molecule has 0 aliphatic carbocycles. The highest BCUT2D eigenvalue weighted by Crippen LogP contribution is 2.30. The van der Waals surface area contributed by atoms with E-state index in [-0.39, 0.29) is 11.8 Å². The predicted octanol–water partition coefficient (Wildman–Crippen LogP) is 1.55. The summed E-state index contributed by atoms with van der Waals surface area (Å²) in [5.74, 6) is -0.118. The smallest absolute Gasteiger partial charge is 0.220 e. The number of primary amides is 1. The molecule has 114 valence electrons. The van der Waals surface area contributed by atoms with Crippen LogP contribution in [0.3, 0.4) is 0 Å². The number of nitrogens with zero attached hydrogens (tertiary/aromatic N) is 3. The van der Waals surface area contributed by atoms with Gasteiger partial charge in [-0.2, -0.15) is 0 Å². The number of rotatable bonds is 3. The van der Waals surface area contributed by atoms with Gasteiger partial charge < -0.3 is 10.6 Å². The van der Waals surface area contributed by atoms with Crippen LogP contribution in [0.2, 0.25) is 0 Å². The van der Waals surface area contributed by atoms with E-state index in [4.69, 9.17) is 5.73 Å². The van der Waals surface area contributed by atoms with Crippen LogP contribution in [0.1, 0.15) is 37.4 Å². The molecule has 0 bridgehead atoms. The highest BCUT2D eigenvalue weighted by atomic mass is 16.1. The number of piperidine rings is 1. The average molecular weight is 288 g/mol. The van der Waals surface area contributed by atoms with Gasteiger partial charge in [0.2, 0.25) is 5.91 Å². The first-order valence-corrected chi connectivity index (χ1v) is 7.85. The van der Waals surface area contributed by atoms with Gasteiger partial charge in [-0.3, -0.25) is 14.7 Å². The van der Waals surface area contributed by atoms with Crippen LogP contribution in [0.4, 0.5) is 5.69 Å². The molecule has 0 saturated carbocycles. The van der Waals surface area contributed by atoms with Crippen molar-refractivity contribution in [2.75, 3.05) is 31.6 Å². The molecule has 2 saturated heterocycles. The third-order valence-electron chi connectivity index (χ3n) is 4.90. The Morgan fingerprint density at radius 1 is 1.24 bits per heavy atom. The van der Waals surface area contributed by atoms with Gasteiger partial charge in [0.15, 0.2) is 0 Å². The molecule has 2 aliphatic rings. The lowest BCUT2D eigenvalue weighted by Gasteiger charge is -2.32. The van der Waals surface area contributed by atoms with Crippen molar-refractivity contribution in [3.63, 3.8) is 0 Å². The Morgan fingerprint density at radius 2 is 2.00 bits per heavy atom. The molecule has 2 N–H and O–H groups in total. The van der Waals surface area contributed by atoms with E-state index in [9.17, 15) is 4.79 Å². The molecule has 21 heavy (non-hydrogen) atoms. The van der Waals surface area contributed by atoms with Gasteiger partial charge in [-0.25, -0.2) is 0 Å². The number of anilines is 1. The Kier molecular flexibility index (Phi) is 4.10. The Balaban J connectivity index is 1.64. The number of pyridine rings is 1. The summed E-state index contributed by atoms with van der Waals surface area (Å²) in [7, 11) is 2.17. The summed E-state index contributed by atoms with van der Waals surface area (Å²) in [6.45, 7) is 2.94. The minimum Gasteiger partial charge on any atom is -0.370 e. The number of nitrogens with two attached hydrogens (primary N) is 1. The zero-order valence-electron chi connectivity index (χ0n) is 12.7. The maximum absolute atomic E-state index is 11.2. The van der Waals surface area contributed by atoms with Gasteiger partial charge in [0.25, 0.3) is 0 Å². The summed E-state index contributed by atoms with van der Waals surface area (Å²) in [6, 6.07) is 4.79. The van der Waals surface area contributed by atoms with Crippen molar-refractivity contribution in [2.24, 2.45) is 11.7 Å². The Labute approximate surface area is 126 Å². The number of carbonyl (C=O) groups is 1. The standard InChI is InChI=1S/C16H24N4O/c1-19-8-2-3-15(19)14-5-4-13(11-18-14)20-9-6-12(7-10-20)16(17)21/h4-5,11-12,15H,2-3,6-10H2,1H3,(H2,17,21)/t15-/m1/s1. The summed E-state index contributed by atoms with van der Waals surface area (Å²) < 4.78 is 0. The molecule has 0 aromatic carbocycles. The number of hydrogen-bond acceptors (Lipinski definition) is 4. The van der Waals surface area contributed by atoms with Crippen molar-refractivity contribution in [3.05, 3.63) is 24.0 Å². The van der Waals surface area contributed by atoms with E-state index in [0.29, 0.717) is 6.04 Å². The third kappa shape index (κ3) is 3.02. The Bertz CT molecular complexity index is 494. The van der Waals surface area contributed by atoms with Crippen molar-refractivity contribution in [3.8, 4) is 0 Å². The molecule has 0 spiro atoms. The zero-order valence-corrected chi connectivity index (χ0v) is 12.7. The summed E-state index contributed by atoms with van der Waals surface area (Å²) in [5.41, 5.74) is 7.71. The molecule has 2 aliphatic heterocycles. The van der Waals surface area contributed by atoms with Gasteiger partial charge in [-0.05, 0) is 51.4 Å². The molecule has 0 unspecified atom stereocenters. The maximum atomic E-state index is 11.2. The lowest BCUT2D eigenvalue weighted by atomic mass is 9.96. The van der Waals surface area contributed by atoms with Crippen molar-refractivity contribution >= 4 is 11.6 Å². The fraction of sp³-hybridized carbons (Fsp3) is 0.625. The molecular formula is C16H24N4O. The lowest BCUT2D eigenvalue weighted by molar-refractivity contribution is -0.122. The van der Waals surface area contributed by atoms with Crippen LogP contribution in [0.25, 0.3) is 0 Å². The number of likely N-dealkylation sites (tertiary alicyclic amines) is 1. The van der Waals surface area contributed by atoms with Crippen molar-refractivity contribution in [1.82, 2.24) is 9.88 Å². The highest BCUT2D eigenvalue weighted by molar-refractivity contribution is 5.77. The van der Waals surface area contributed by atoms with Gasteiger partial charge in [-0.15, -0.1) is 0 Å². The highest BCUT2D eigenvalue weighted by Gasteiger charge is 2.25. The minimum atomic E-state index is -0.160. The molecule has 5 nitrogen and oxygen atoms in total. The fourth-order valence-corrected chi connectivity index (χ4v) is 3.49. The number of carbonyl (C=O) groups excluding carboxylic acids is 1. The largest absolute Gasteiger partial charge is 0.370 e. The van der Waals surface area contributed by atoms with Crippen LogP contribution in [-0.4, -0.2) is 42.5 Å². The molecular weight excluding hydrogens is 264 g/mol. The van der Waals surface area contributed by atoms with Crippen LogP contribution in [0, 0.1) is 5.92 Å². The van der Waals surface area contributed by atoms with Crippen molar-refractivity contribution in [2.45, 2.75) is 31.7 Å². The quantitative estimate of drug-likeness (QED) is 0.916. The lowest BCUT2D eigenvalue weighted by Crippen LogP contribution is -2.38. The van der Waals surface area contributed by atoms with Gasteiger partial charge >= 0.3 is 0 Å². The Morgan fingerprint density at radius 3 is 2.52 bits per heavy atom. The summed E-state index contributed by atoms with van der Waals surface area (Å²) in [4.78, 5) is 20.5. The summed E-state index contributed by atoms with van der Waals surface area (Å²) in [6.07, 6.45) is 6.13. The first kappa shape index (κ1) is 14.3. The zero-order chi connectivity index (χ0) is 14.8. The van der Waals surface area contributed by atoms with E-state index < -0.39 is 0 Å². The number of amides is 1. The minimum absolute atomic E-state index is 0.0422. The topological polar surface area (TPSA) is 62.5 Å². The molecule has 2 fully saturated rings. The number of aromatic nitrogens is 1. The molecule has 5 heteroatoms. The Hall–Kier alpha value is -1.62. The summed E-state index contributed by atoms with van der Waals surface area (Å²) in [5, 5.41) is 0. The second kappa shape index (κ2) is 6.02. The molecule has 1 aromatic rings. The second-order valence-corrected chi connectivity index (χ2v) is 6.24. The predicted molar refractivity (Wildman–Crippen MR) is 83.0 cm³/mol. The SMILES string of the molecule is CN1CCC[C@@H]1c1ccc(N2CCC(C(N)=O)CC2)cn1. The molecule has 1 atom stereocenters. The monoisotopic (exact) mass is 288 g/mol. The van der Waals surface area contributed by atoms with E-state index in [1.807, 2.05) is 6.20 Å². The normalized spacial score (nSPS) is 24.4. The van der Waals surface area contributed by atoms with Crippen LogP contribution < -0.4 is 10.6 Å². The van der Waals surface area contributed by atoms with E-state index >= 15 is 0 Å². The molecule has 1 amide bonds. The number of hydrogen-bond donors (Lipinski definition) is 1. The first-order chi connectivity index (χ1) is 10.1. The van der Waals surface area contributed by atoms with Crippen LogP contribution in [0.5, 0.6) is 0 Å². The van der Waals surface area contributed by atoms with E-state index in [1.54, 1.807) is 0 Å². The second-order valence-electron chi connectivity index (χ2n) is 6.24. The van der Waals surface area contributed by atoms with Gasteiger partial charge in [0.05, 0.1) is 23.6 Å². The van der Waals surface area contributed by atoms with Crippen molar-refractivity contribution in [1.29, 1.82) is 0 Å². The van der Waals surface area contributed by atoms with Crippen LogP contribution in [-0.2, 0) is 4.79 Å². The summed E-state index contributed by atoms with van der Waals surface area (Å²) >= 11 is 0. The molecule has 3 rings (SSSR count). The van der Waals surface area contributed by atoms with E-state index in [1.165, 1.54) is 18.5 Å². The average Bonchev–Trinajstić information content (AvgIpc) is 2.94. The van der Waals surface area contributed by atoms with Gasteiger partial charge in [0, 0.05) is 19.0 Å². The van der Waals surface area contributed by atoms with E-state index in [0.717, 1.165) is 38.2 Å².